The van der Waals surface area contributed by atoms with Gasteiger partial charge in [0, 0.05) is 5.56 Å². The first-order valence-electron chi connectivity index (χ1n) is 6.35. The zero-order chi connectivity index (χ0) is 13.9. The van der Waals surface area contributed by atoms with E-state index in [2.05, 4.69) is 19.2 Å². The van der Waals surface area contributed by atoms with Crippen LogP contribution >= 0.6 is 0 Å². The van der Waals surface area contributed by atoms with Gasteiger partial charge in [-0.05, 0) is 33.1 Å². The summed E-state index contributed by atoms with van der Waals surface area (Å²) >= 11 is 0. The van der Waals surface area contributed by atoms with Crippen LogP contribution in [0.4, 0.5) is 0 Å². The lowest BCUT2D eigenvalue weighted by Crippen LogP contribution is -2.38. The van der Waals surface area contributed by atoms with Gasteiger partial charge in [0.15, 0.2) is 0 Å². The minimum absolute atomic E-state index is 0.0428. The van der Waals surface area contributed by atoms with Crippen LogP contribution in [0.1, 0.15) is 47.7 Å². The molecule has 18 heavy (non-hydrogen) atoms. The van der Waals surface area contributed by atoms with E-state index in [0.29, 0.717) is 17.2 Å². The highest BCUT2D eigenvalue weighted by atomic mass is 16.3. The lowest BCUT2D eigenvalue weighted by molar-refractivity contribution is 0.0906. The third-order valence-electron chi connectivity index (χ3n) is 3.10. The van der Waals surface area contributed by atoms with E-state index in [1.54, 1.807) is 6.92 Å². The van der Waals surface area contributed by atoms with E-state index in [1.807, 2.05) is 13.8 Å². The summed E-state index contributed by atoms with van der Waals surface area (Å²) in [5, 5.41) is 12.1. The van der Waals surface area contributed by atoms with Crippen molar-refractivity contribution in [2.75, 3.05) is 6.61 Å². The van der Waals surface area contributed by atoms with Crippen LogP contribution in [-0.4, -0.2) is 23.7 Å². The van der Waals surface area contributed by atoms with Crippen molar-refractivity contribution in [3.8, 4) is 0 Å². The molecule has 0 saturated carbocycles. The van der Waals surface area contributed by atoms with E-state index in [4.69, 9.17) is 4.42 Å². The normalized spacial score (nSPS) is 12.8. The molecule has 1 unspecified atom stereocenters. The smallest absolute Gasteiger partial charge is 0.255 e. The van der Waals surface area contributed by atoms with E-state index in [-0.39, 0.29) is 18.6 Å². The summed E-state index contributed by atoms with van der Waals surface area (Å²) < 4.78 is 5.44. The number of aliphatic hydroxyl groups is 1. The minimum Gasteiger partial charge on any atom is -0.466 e. The van der Waals surface area contributed by atoms with Gasteiger partial charge in [-0.25, -0.2) is 0 Å². The second-order valence-electron chi connectivity index (χ2n) is 5.20. The van der Waals surface area contributed by atoms with Crippen molar-refractivity contribution in [3.05, 3.63) is 22.6 Å². The largest absolute Gasteiger partial charge is 0.466 e. The third kappa shape index (κ3) is 3.35. The number of aryl methyl sites for hydroxylation is 2. The molecule has 1 aromatic heterocycles. The molecule has 0 spiro atoms. The number of amides is 1. The van der Waals surface area contributed by atoms with Gasteiger partial charge in [-0.2, -0.15) is 0 Å². The minimum atomic E-state index is -0.202. The fourth-order valence-corrected chi connectivity index (χ4v) is 2.13. The second kappa shape index (κ2) is 6.05. The summed E-state index contributed by atoms with van der Waals surface area (Å²) in [6.45, 7) is 9.58. The Morgan fingerprint density at radius 1 is 1.28 bits per heavy atom. The van der Waals surface area contributed by atoms with Gasteiger partial charge in [0.2, 0.25) is 0 Å². The maximum atomic E-state index is 12.2. The van der Waals surface area contributed by atoms with Gasteiger partial charge >= 0.3 is 0 Å². The lowest BCUT2D eigenvalue weighted by atomic mass is 10.0. The number of rotatable bonds is 5. The van der Waals surface area contributed by atoms with Crippen LogP contribution in [0, 0.1) is 26.7 Å². The number of carbonyl (C=O) groups is 1. The quantitative estimate of drug-likeness (QED) is 0.846. The molecule has 1 amide bonds. The number of carbonyl (C=O) groups excluding carboxylic acids is 1. The Kier molecular flexibility index (Phi) is 4.96. The SMILES string of the molecule is Cc1oc(C)c(C(=O)NC(CO)CC(C)C)c1C. The van der Waals surface area contributed by atoms with Crippen LogP contribution in [-0.2, 0) is 0 Å². The molecule has 2 N–H and O–H groups in total. The highest BCUT2D eigenvalue weighted by Crippen LogP contribution is 2.20. The summed E-state index contributed by atoms with van der Waals surface area (Å²) in [6.07, 6.45) is 0.761. The van der Waals surface area contributed by atoms with Gasteiger partial charge in [0.05, 0.1) is 18.2 Å². The van der Waals surface area contributed by atoms with Crippen molar-refractivity contribution in [2.45, 2.75) is 47.1 Å². The van der Waals surface area contributed by atoms with E-state index in [1.165, 1.54) is 0 Å². The van der Waals surface area contributed by atoms with Gasteiger partial charge in [-0.3, -0.25) is 4.79 Å². The second-order valence-corrected chi connectivity index (χ2v) is 5.20. The van der Waals surface area contributed by atoms with Crippen LogP contribution < -0.4 is 5.32 Å². The Labute approximate surface area is 108 Å². The number of aliphatic hydroxyl groups excluding tert-OH is 1. The Bertz CT molecular complexity index is 421. The van der Waals surface area contributed by atoms with Gasteiger partial charge in [-0.1, -0.05) is 13.8 Å². The molecule has 0 saturated heterocycles. The van der Waals surface area contributed by atoms with Gasteiger partial charge < -0.3 is 14.8 Å². The fourth-order valence-electron chi connectivity index (χ4n) is 2.13. The molecule has 1 aromatic rings. The first-order chi connectivity index (χ1) is 8.36. The van der Waals surface area contributed by atoms with Gasteiger partial charge in [0.25, 0.3) is 5.91 Å². The molecule has 1 rings (SSSR count). The van der Waals surface area contributed by atoms with Crippen LogP contribution in [0.5, 0.6) is 0 Å². The summed E-state index contributed by atoms with van der Waals surface area (Å²) in [7, 11) is 0. The molecule has 0 radical (unpaired) electrons. The first kappa shape index (κ1) is 14.8. The highest BCUT2D eigenvalue weighted by Gasteiger charge is 2.21. The summed E-state index contributed by atoms with van der Waals surface area (Å²) in [5.41, 5.74) is 1.46. The van der Waals surface area contributed by atoms with E-state index in [0.717, 1.165) is 17.7 Å². The van der Waals surface area contributed by atoms with Crippen LogP contribution in [0.2, 0.25) is 0 Å². The zero-order valence-electron chi connectivity index (χ0n) is 11.8. The predicted octanol–water partition coefficient (Wildman–Crippen LogP) is 2.34. The van der Waals surface area contributed by atoms with E-state index < -0.39 is 0 Å². The van der Waals surface area contributed by atoms with Crippen molar-refractivity contribution in [2.24, 2.45) is 5.92 Å². The maximum Gasteiger partial charge on any atom is 0.255 e. The Hall–Kier alpha value is -1.29. The standard InChI is InChI=1S/C14H23NO3/c1-8(2)6-12(7-16)15-14(17)13-9(3)10(4)18-11(13)5/h8,12,16H,6-7H2,1-5H3,(H,15,17). The number of furan rings is 1. The van der Waals surface area contributed by atoms with Crippen molar-refractivity contribution < 1.29 is 14.3 Å². The number of hydrogen-bond acceptors (Lipinski definition) is 3. The van der Waals surface area contributed by atoms with Crippen molar-refractivity contribution in [3.63, 3.8) is 0 Å². The molecule has 0 aliphatic carbocycles. The van der Waals surface area contributed by atoms with Gasteiger partial charge in [-0.15, -0.1) is 0 Å². The monoisotopic (exact) mass is 253 g/mol. The molecule has 0 fully saturated rings. The number of nitrogens with one attached hydrogen (secondary N) is 1. The molecule has 4 heteroatoms. The van der Waals surface area contributed by atoms with Crippen molar-refractivity contribution in [1.82, 2.24) is 5.32 Å². The Morgan fingerprint density at radius 2 is 1.89 bits per heavy atom. The maximum absolute atomic E-state index is 12.2. The molecule has 0 aliphatic heterocycles. The van der Waals surface area contributed by atoms with Crippen molar-refractivity contribution in [1.29, 1.82) is 0 Å². The molecule has 102 valence electrons. The summed E-state index contributed by atoms with van der Waals surface area (Å²) in [6, 6.07) is -0.202. The third-order valence-corrected chi connectivity index (χ3v) is 3.10. The molecule has 1 heterocycles. The Morgan fingerprint density at radius 3 is 2.28 bits per heavy atom. The summed E-state index contributed by atoms with van der Waals surface area (Å²) in [4.78, 5) is 12.2. The molecule has 0 aromatic carbocycles. The molecular weight excluding hydrogens is 230 g/mol. The van der Waals surface area contributed by atoms with Crippen LogP contribution in [0.15, 0.2) is 4.42 Å². The predicted molar refractivity (Wildman–Crippen MR) is 70.7 cm³/mol. The van der Waals surface area contributed by atoms with E-state index in [9.17, 15) is 9.90 Å². The van der Waals surface area contributed by atoms with E-state index >= 15 is 0 Å². The number of hydrogen-bond donors (Lipinski definition) is 2. The molecule has 0 aliphatic rings. The average molecular weight is 253 g/mol. The first-order valence-corrected chi connectivity index (χ1v) is 6.35. The topological polar surface area (TPSA) is 62.5 Å². The highest BCUT2D eigenvalue weighted by molar-refractivity contribution is 5.97. The fraction of sp³-hybridized carbons (Fsp3) is 0.643. The molecule has 1 atom stereocenters. The summed E-state index contributed by atoms with van der Waals surface area (Å²) in [5.74, 6) is 1.66. The Balaban J connectivity index is 2.81. The molecular formula is C14H23NO3. The van der Waals surface area contributed by atoms with Crippen LogP contribution in [0.25, 0.3) is 0 Å². The van der Waals surface area contributed by atoms with Gasteiger partial charge in [0.1, 0.15) is 11.5 Å². The van der Waals surface area contributed by atoms with Crippen molar-refractivity contribution >= 4 is 5.91 Å². The van der Waals surface area contributed by atoms with Crippen LogP contribution in [0.3, 0.4) is 0 Å². The zero-order valence-corrected chi connectivity index (χ0v) is 11.8. The lowest BCUT2D eigenvalue weighted by Gasteiger charge is -2.18. The molecule has 4 nitrogen and oxygen atoms in total. The average Bonchev–Trinajstić information content (AvgIpc) is 2.51. The molecule has 0 bridgehead atoms.